The van der Waals surface area contributed by atoms with Crippen LogP contribution in [0, 0.1) is 5.92 Å². The number of hydrogen-bond donors (Lipinski definition) is 1. The molecule has 22 heavy (non-hydrogen) atoms. The van der Waals surface area contributed by atoms with Crippen molar-refractivity contribution in [3.63, 3.8) is 0 Å². The third kappa shape index (κ3) is 2.64. The zero-order chi connectivity index (χ0) is 15.9. The van der Waals surface area contributed by atoms with Gasteiger partial charge in [0.15, 0.2) is 0 Å². The van der Waals surface area contributed by atoms with Crippen molar-refractivity contribution in [2.45, 2.75) is 50.7 Å². The maximum absolute atomic E-state index is 12.1. The zero-order valence-electron chi connectivity index (χ0n) is 12.7. The lowest BCUT2D eigenvalue weighted by atomic mass is 9.66. The summed E-state index contributed by atoms with van der Waals surface area (Å²) in [7, 11) is 0. The second kappa shape index (κ2) is 6.03. The number of aliphatic hydroxyl groups is 1. The Morgan fingerprint density at radius 2 is 2.09 bits per heavy atom. The molecule has 3 rings (SSSR count). The van der Waals surface area contributed by atoms with E-state index >= 15 is 0 Å². The number of hydrogen-bond acceptors (Lipinski definition) is 2. The zero-order valence-corrected chi connectivity index (χ0v) is 14.2. The van der Waals surface area contributed by atoms with E-state index in [1.54, 1.807) is 13.0 Å². The highest BCUT2D eigenvalue weighted by Crippen LogP contribution is 2.50. The minimum Gasteiger partial charge on any atom is -0.389 e. The number of carbonyl (C=O) groups excluding carboxylic acids is 1. The first-order chi connectivity index (χ1) is 10.4. The fourth-order valence-corrected chi connectivity index (χ4v) is 4.59. The molecule has 2 aliphatic rings. The molecule has 2 fully saturated rings. The number of rotatable bonds is 1. The van der Waals surface area contributed by atoms with Gasteiger partial charge in [-0.3, -0.25) is 4.79 Å². The predicted molar refractivity (Wildman–Crippen MR) is 88.1 cm³/mol. The van der Waals surface area contributed by atoms with Crippen LogP contribution in [-0.2, 0) is 4.79 Å². The highest BCUT2D eigenvalue weighted by molar-refractivity contribution is 6.42. The summed E-state index contributed by atoms with van der Waals surface area (Å²) in [6.07, 6.45) is 4.48. The largest absolute Gasteiger partial charge is 0.389 e. The number of benzene rings is 1. The van der Waals surface area contributed by atoms with Crippen LogP contribution < -0.4 is 0 Å². The van der Waals surface area contributed by atoms with Crippen LogP contribution in [0.25, 0.3) is 0 Å². The van der Waals surface area contributed by atoms with E-state index in [1.807, 2.05) is 17.0 Å². The van der Waals surface area contributed by atoms with Crippen LogP contribution in [0.1, 0.15) is 50.6 Å². The lowest BCUT2D eigenvalue weighted by Crippen LogP contribution is -2.55. The minimum atomic E-state index is -0.694. The van der Waals surface area contributed by atoms with Crippen molar-refractivity contribution in [3.05, 3.63) is 33.8 Å². The number of fused-ring (bicyclic) bond motifs is 1. The molecule has 0 unspecified atom stereocenters. The van der Waals surface area contributed by atoms with Crippen LogP contribution >= 0.6 is 23.2 Å². The molecule has 3 nitrogen and oxygen atoms in total. The second-order valence-electron chi connectivity index (χ2n) is 6.51. The van der Waals surface area contributed by atoms with E-state index in [9.17, 15) is 9.90 Å². The van der Waals surface area contributed by atoms with Gasteiger partial charge < -0.3 is 10.0 Å². The third-order valence-corrected chi connectivity index (χ3v) is 6.11. The van der Waals surface area contributed by atoms with Gasteiger partial charge in [0, 0.05) is 19.4 Å². The fourth-order valence-electron chi connectivity index (χ4n) is 4.17. The molecule has 1 aromatic rings. The first-order valence-corrected chi connectivity index (χ1v) is 8.63. The first-order valence-electron chi connectivity index (χ1n) is 7.87. The van der Waals surface area contributed by atoms with Gasteiger partial charge in [-0.15, -0.1) is 0 Å². The number of nitrogens with zero attached hydrogens (tertiary/aromatic N) is 1. The van der Waals surface area contributed by atoms with E-state index in [4.69, 9.17) is 23.2 Å². The summed E-state index contributed by atoms with van der Waals surface area (Å²) in [5.74, 6) is 0.0449. The summed E-state index contributed by atoms with van der Waals surface area (Å²) >= 11 is 12.6. The first kappa shape index (κ1) is 16.1. The van der Waals surface area contributed by atoms with Gasteiger partial charge in [-0.2, -0.15) is 0 Å². The molecule has 0 spiro atoms. The van der Waals surface area contributed by atoms with Gasteiger partial charge in [-0.25, -0.2) is 0 Å². The van der Waals surface area contributed by atoms with Crippen LogP contribution in [0.5, 0.6) is 0 Å². The number of halogens is 2. The molecule has 3 atom stereocenters. The minimum absolute atomic E-state index is 0.0219. The normalized spacial score (nSPS) is 31.7. The average Bonchev–Trinajstić information content (AvgIpc) is 2.48. The summed E-state index contributed by atoms with van der Waals surface area (Å²) in [4.78, 5) is 14.0. The van der Waals surface area contributed by atoms with Gasteiger partial charge in [0.2, 0.25) is 5.91 Å². The summed E-state index contributed by atoms with van der Waals surface area (Å²) < 4.78 is 0. The molecular formula is C17H21Cl2NO2. The molecule has 0 aromatic heterocycles. The van der Waals surface area contributed by atoms with Gasteiger partial charge in [-0.05, 0) is 30.9 Å². The maximum atomic E-state index is 12.1. The summed E-state index contributed by atoms with van der Waals surface area (Å²) in [5, 5.41) is 12.1. The number of likely N-dealkylation sites (tertiary alicyclic amines) is 1. The quantitative estimate of drug-likeness (QED) is 0.831. The Morgan fingerprint density at radius 3 is 2.82 bits per heavy atom. The van der Waals surface area contributed by atoms with Gasteiger partial charge in [-0.1, -0.05) is 48.2 Å². The predicted octanol–water partition coefficient (Wildman–Crippen LogP) is 4.21. The lowest BCUT2D eigenvalue weighted by Gasteiger charge is -2.52. The van der Waals surface area contributed by atoms with Crippen molar-refractivity contribution in [2.24, 2.45) is 5.92 Å². The Labute approximate surface area is 141 Å². The molecule has 120 valence electrons. The molecular weight excluding hydrogens is 321 g/mol. The van der Waals surface area contributed by atoms with Gasteiger partial charge in [0.1, 0.15) is 0 Å². The van der Waals surface area contributed by atoms with Gasteiger partial charge in [0.05, 0.1) is 21.7 Å². The molecule has 1 aromatic carbocycles. The van der Waals surface area contributed by atoms with Gasteiger partial charge in [0.25, 0.3) is 0 Å². The molecule has 5 heteroatoms. The maximum Gasteiger partial charge on any atom is 0.219 e. The van der Waals surface area contributed by atoms with Crippen LogP contribution in [0.3, 0.4) is 0 Å². The smallest absolute Gasteiger partial charge is 0.219 e. The summed E-state index contributed by atoms with van der Waals surface area (Å²) in [6.45, 7) is 2.15. The van der Waals surface area contributed by atoms with Crippen LogP contribution in [0.4, 0.5) is 0 Å². The van der Waals surface area contributed by atoms with E-state index in [0.29, 0.717) is 23.0 Å². The van der Waals surface area contributed by atoms with Crippen molar-refractivity contribution >= 4 is 29.1 Å². The Bertz CT molecular complexity index is 592. The van der Waals surface area contributed by atoms with Crippen molar-refractivity contribution in [1.82, 2.24) is 4.90 Å². The van der Waals surface area contributed by atoms with Crippen LogP contribution in [0.15, 0.2) is 18.2 Å². The molecule has 1 saturated heterocycles. The Morgan fingerprint density at radius 1 is 1.32 bits per heavy atom. The van der Waals surface area contributed by atoms with Crippen molar-refractivity contribution in [3.8, 4) is 0 Å². The summed E-state index contributed by atoms with van der Waals surface area (Å²) in [6, 6.07) is 5.34. The standard InChI is InChI=1S/C17H21Cl2NO2/c1-11(21)20-10-9-17(22)8-3-2-6-13(17)16(20)12-5-4-7-14(18)15(12)19/h4-5,7,13,16,22H,2-3,6,8-10H2,1H3/t13-,16+,17-/m1/s1. The van der Waals surface area contributed by atoms with Gasteiger partial charge >= 0.3 is 0 Å². The molecule has 1 aliphatic carbocycles. The average molecular weight is 342 g/mol. The third-order valence-electron chi connectivity index (χ3n) is 5.27. The van der Waals surface area contributed by atoms with Crippen molar-refractivity contribution in [2.75, 3.05) is 6.54 Å². The molecule has 1 amide bonds. The van der Waals surface area contributed by atoms with E-state index in [0.717, 1.165) is 31.2 Å². The van der Waals surface area contributed by atoms with E-state index in [2.05, 4.69) is 0 Å². The highest BCUT2D eigenvalue weighted by Gasteiger charge is 2.50. The monoisotopic (exact) mass is 341 g/mol. The Kier molecular flexibility index (Phi) is 4.41. The molecule has 1 N–H and O–H groups in total. The van der Waals surface area contributed by atoms with Crippen molar-refractivity contribution < 1.29 is 9.90 Å². The fraction of sp³-hybridized carbons (Fsp3) is 0.588. The van der Waals surface area contributed by atoms with E-state index in [1.165, 1.54) is 0 Å². The molecule has 0 radical (unpaired) electrons. The van der Waals surface area contributed by atoms with Crippen molar-refractivity contribution in [1.29, 1.82) is 0 Å². The van der Waals surface area contributed by atoms with Crippen LogP contribution in [-0.4, -0.2) is 28.1 Å². The Hall–Kier alpha value is -0.770. The molecule has 0 bridgehead atoms. The topological polar surface area (TPSA) is 40.5 Å². The molecule has 1 heterocycles. The van der Waals surface area contributed by atoms with E-state index in [-0.39, 0.29) is 17.9 Å². The lowest BCUT2D eigenvalue weighted by molar-refractivity contribution is -0.153. The number of amides is 1. The highest BCUT2D eigenvalue weighted by atomic mass is 35.5. The molecule has 1 saturated carbocycles. The number of piperidine rings is 1. The number of carbonyl (C=O) groups is 1. The molecule has 1 aliphatic heterocycles. The Balaban J connectivity index is 2.08. The summed E-state index contributed by atoms with van der Waals surface area (Å²) in [5.41, 5.74) is 0.162. The SMILES string of the molecule is CC(=O)N1CC[C@]2(O)CCCC[C@@H]2[C@@H]1c1cccc(Cl)c1Cl. The van der Waals surface area contributed by atoms with E-state index < -0.39 is 5.60 Å². The van der Waals surface area contributed by atoms with Crippen LogP contribution in [0.2, 0.25) is 10.0 Å². The second-order valence-corrected chi connectivity index (χ2v) is 7.29.